The van der Waals surface area contributed by atoms with Crippen LogP contribution in [-0.4, -0.2) is 43.0 Å². The van der Waals surface area contributed by atoms with Gasteiger partial charge >= 0.3 is 5.97 Å². The third kappa shape index (κ3) is 4.63. The third-order valence-electron chi connectivity index (χ3n) is 4.65. The molecule has 0 aromatic heterocycles. The van der Waals surface area contributed by atoms with Crippen molar-refractivity contribution in [1.29, 1.82) is 0 Å². The number of carbonyl (C=O) groups is 2. The molecule has 0 aliphatic carbocycles. The first-order valence-corrected chi connectivity index (χ1v) is 9.30. The Labute approximate surface area is 168 Å². The summed E-state index contributed by atoms with van der Waals surface area (Å²) in [5.74, 6) is -0.805. The molecule has 9 heteroatoms. The van der Waals surface area contributed by atoms with Crippen LogP contribution in [0.4, 0.5) is 22.7 Å². The summed E-state index contributed by atoms with van der Waals surface area (Å²) in [7, 11) is 0. The first kappa shape index (κ1) is 20.1. The molecule has 2 aromatic rings. The topological polar surface area (TPSA) is 105 Å². The van der Waals surface area contributed by atoms with Crippen LogP contribution in [0.1, 0.15) is 13.8 Å². The van der Waals surface area contributed by atoms with Gasteiger partial charge in [0.05, 0.1) is 23.2 Å². The fraction of sp³-hybridized carbons (Fsp3) is 0.300. The van der Waals surface area contributed by atoms with E-state index in [1.165, 1.54) is 23.1 Å². The molecule has 0 atom stereocenters. The average Bonchev–Trinajstić information content (AvgIpc) is 2.69. The van der Waals surface area contributed by atoms with Gasteiger partial charge in [-0.3, -0.25) is 14.9 Å². The summed E-state index contributed by atoms with van der Waals surface area (Å²) >= 11 is 0. The van der Waals surface area contributed by atoms with E-state index in [0.717, 1.165) is 18.8 Å². The Balaban J connectivity index is 1.70. The maximum absolute atomic E-state index is 12.5. The minimum absolute atomic E-state index is 0.0758. The number of nitro benzene ring substituents is 1. The summed E-state index contributed by atoms with van der Waals surface area (Å²) in [5, 5.41) is 13.7. The number of anilines is 3. The van der Waals surface area contributed by atoms with Crippen molar-refractivity contribution in [3.8, 4) is 5.75 Å². The molecule has 0 fully saturated rings. The van der Waals surface area contributed by atoms with E-state index in [9.17, 15) is 19.7 Å². The van der Waals surface area contributed by atoms with E-state index in [0.29, 0.717) is 11.4 Å². The van der Waals surface area contributed by atoms with Gasteiger partial charge in [-0.1, -0.05) is 0 Å². The Hall–Kier alpha value is -3.62. The summed E-state index contributed by atoms with van der Waals surface area (Å²) in [4.78, 5) is 38.4. The summed E-state index contributed by atoms with van der Waals surface area (Å²) in [6.07, 6.45) is 0. The maximum atomic E-state index is 12.5. The number of fused-ring (bicyclic) bond motifs is 1. The van der Waals surface area contributed by atoms with Crippen molar-refractivity contribution in [3.05, 3.63) is 52.6 Å². The van der Waals surface area contributed by atoms with Gasteiger partial charge in [0.25, 0.3) is 5.69 Å². The minimum Gasteiger partial charge on any atom is -0.423 e. The van der Waals surface area contributed by atoms with Crippen molar-refractivity contribution < 1.29 is 19.2 Å². The van der Waals surface area contributed by atoms with Crippen molar-refractivity contribution in [1.82, 2.24) is 0 Å². The molecular weight excluding hydrogens is 376 g/mol. The highest BCUT2D eigenvalue weighted by atomic mass is 16.6. The van der Waals surface area contributed by atoms with Crippen LogP contribution < -0.4 is 19.9 Å². The van der Waals surface area contributed by atoms with Gasteiger partial charge in [0.2, 0.25) is 5.91 Å². The molecular formula is C20H22N4O5. The van der Waals surface area contributed by atoms with Crippen LogP contribution in [0, 0.1) is 10.1 Å². The number of benzene rings is 2. The Bertz CT molecular complexity index is 925. The molecule has 3 rings (SSSR count). The lowest BCUT2D eigenvalue weighted by atomic mass is 10.2. The van der Waals surface area contributed by atoms with E-state index in [1.54, 1.807) is 0 Å². The van der Waals surface area contributed by atoms with Crippen LogP contribution >= 0.6 is 0 Å². The van der Waals surface area contributed by atoms with Crippen LogP contribution in [0.15, 0.2) is 42.5 Å². The van der Waals surface area contributed by atoms with Crippen molar-refractivity contribution >= 4 is 34.6 Å². The maximum Gasteiger partial charge on any atom is 0.331 e. The van der Waals surface area contributed by atoms with E-state index in [2.05, 4.69) is 24.1 Å². The Kier molecular flexibility index (Phi) is 5.96. The number of carbonyl (C=O) groups excluding carboxylic acids is 2. The molecule has 9 nitrogen and oxygen atoms in total. The lowest BCUT2D eigenvalue weighted by Crippen LogP contribution is -2.41. The molecule has 0 saturated heterocycles. The number of nitro groups is 1. The fourth-order valence-corrected chi connectivity index (χ4v) is 3.21. The van der Waals surface area contributed by atoms with Crippen molar-refractivity contribution in [2.24, 2.45) is 0 Å². The van der Waals surface area contributed by atoms with Crippen LogP contribution in [0.2, 0.25) is 0 Å². The second-order valence-corrected chi connectivity index (χ2v) is 6.51. The Morgan fingerprint density at radius 1 is 1.21 bits per heavy atom. The van der Waals surface area contributed by atoms with Gasteiger partial charge in [-0.15, -0.1) is 0 Å². The smallest absolute Gasteiger partial charge is 0.331 e. The summed E-state index contributed by atoms with van der Waals surface area (Å²) < 4.78 is 5.09. The molecule has 29 heavy (non-hydrogen) atoms. The summed E-state index contributed by atoms with van der Waals surface area (Å²) in [6.45, 7) is 5.75. The molecule has 1 aliphatic rings. The minimum atomic E-state index is -0.575. The monoisotopic (exact) mass is 398 g/mol. The third-order valence-corrected chi connectivity index (χ3v) is 4.65. The van der Waals surface area contributed by atoms with Crippen LogP contribution in [-0.2, 0) is 9.59 Å². The SMILES string of the molecule is CCN(CC)c1ccc(NC(=O)CN2CC(=O)Oc3cc([N+](=O)[O-])ccc32)cc1. The molecule has 1 heterocycles. The quantitative estimate of drug-likeness (QED) is 0.331. The van der Waals surface area contributed by atoms with Crippen LogP contribution in [0.5, 0.6) is 5.75 Å². The normalized spacial score (nSPS) is 12.8. The van der Waals surface area contributed by atoms with Gasteiger partial charge < -0.3 is 19.9 Å². The number of non-ortho nitro benzene ring substituents is 1. The Morgan fingerprint density at radius 3 is 2.52 bits per heavy atom. The molecule has 0 spiro atoms. The number of ether oxygens (including phenoxy) is 1. The van der Waals surface area contributed by atoms with E-state index in [1.807, 2.05) is 24.3 Å². The molecule has 1 amide bonds. The highest BCUT2D eigenvalue weighted by Gasteiger charge is 2.27. The number of hydrogen-bond acceptors (Lipinski definition) is 7. The van der Waals surface area contributed by atoms with Gasteiger partial charge in [-0.05, 0) is 44.2 Å². The van der Waals surface area contributed by atoms with E-state index < -0.39 is 10.9 Å². The number of hydrogen-bond donors (Lipinski definition) is 1. The van der Waals surface area contributed by atoms with E-state index in [4.69, 9.17) is 4.74 Å². The Morgan fingerprint density at radius 2 is 1.90 bits per heavy atom. The molecule has 1 aliphatic heterocycles. The predicted molar refractivity (Wildman–Crippen MR) is 110 cm³/mol. The molecule has 0 bridgehead atoms. The van der Waals surface area contributed by atoms with Crippen molar-refractivity contribution in [2.75, 3.05) is 41.3 Å². The number of esters is 1. The fourth-order valence-electron chi connectivity index (χ4n) is 3.21. The number of nitrogens with one attached hydrogen (secondary N) is 1. The first-order chi connectivity index (χ1) is 13.9. The molecule has 1 N–H and O–H groups in total. The number of rotatable bonds is 7. The zero-order valence-corrected chi connectivity index (χ0v) is 16.3. The molecule has 152 valence electrons. The average molecular weight is 398 g/mol. The lowest BCUT2D eigenvalue weighted by Gasteiger charge is -2.29. The standard InChI is InChI=1S/C20H22N4O5/c1-3-22(4-2)15-7-5-14(6-8-15)21-19(25)12-23-13-20(26)29-18-11-16(24(27)28)9-10-17(18)23/h5-11H,3-4,12-13H2,1-2H3,(H,21,25). The molecule has 0 saturated carbocycles. The highest BCUT2D eigenvalue weighted by Crippen LogP contribution is 2.35. The number of amides is 1. The largest absolute Gasteiger partial charge is 0.423 e. The predicted octanol–water partition coefficient (Wildman–Crippen LogP) is 2.81. The second kappa shape index (κ2) is 8.59. The molecule has 0 unspecified atom stereocenters. The molecule has 0 radical (unpaired) electrons. The summed E-state index contributed by atoms with van der Waals surface area (Å²) in [5.41, 5.74) is 2.00. The van der Waals surface area contributed by atoms with Gasteiger partial charge in [-0.25, -0.2) is 4.79 Å². The number of nitrogens with zero attached hydrogens (tertiary/aromatic N) is 3. The first-order valence-electron chi connectivity index (χ1n) is 9.30. The second-order valence-electron chi connectivity index (χ2n) is 6.51. The van der Waals surface area contributed by atoms with Gasteiger partial charge in [0, 0.05) is 30.5 Å². The van der Waals surface area contributed by atoms with Gasteiger partial charge in [-0.2, -0.15) is 0 Å². The van der Waals surface area contributed by atoms with E-state index >= 15 is 0 Å². The van der Waals surface area contributed by atoms with Crippen molar-refractivity contribution in [3.63, 3.8) is 0 Å². The van der Waals surface area contributed by atoms with Crippen LogP contribution in [0.3, 0.4) is 0 Å². The van der Waals surface area contributed by atoms with Crippen LogP contribution in [0.25, 0.3) is 0 Å². The summed E-state index contributed by atoms with van der Waals surface area (Å²) in [6, 6.07) is 11.5. The van der Waals surface area contributed by atoms with Gasteiger partial charge in [0.1, 0.15) is 6.54 Å². The van der Waals surface area contributed by atoms with Crippen molar-refractivity contribution in [2.45, 2.75) is 13.8 Å². The lowest BCUT2D eigenvalue weighted by molar-refractivity contribution is -0.384. The van der Waals surface area contributed by atoms with E-state index in [-0.39, 0.29) is 30.4 Å². The molecule has 2 aromatic carbocycles. The van der Waals surface area contributed by atoms with Gasteiger partial charge in [0.15, 0.2) is 5.75 Å². The zero-order valence-electron chi connectivity index (χ0n) is 16.3. The zero-order chi connectivity index (χ0) is 21.0. The highest BCUT2D eigenvalue weighted by molar-refractivity contribution is 5.96.